The molecule has 1 amide bonds. The number of nitrogens with zero attached hydrogens (tertiary/aromatic N) is 1. The maximum atomic E-state index is 12.5. The fourth-order valence-electron chi connectivity index (χ4n) is 3.91. The predicted molar refractivity (Wildman–Crippen MR) is 122 cm³/mol. The van der Waals surface area contributed by atoms with E-state index in [1.54, 1.807) is 17.0 Å². The lowest BCUT2D eigenvalue weighted by Gasteiger charge is -2.25. The van der Waals surface area contributed by atoms with Crippen LogP contribution in [0.5, 0.6) is 0 Å². The number of hydrogen-bond donors (Lipinski definition) is 2. The Bertz CT molecular complexity index is 863. The monoisotopic (exact) mass is 445 g/mol. The second-order valence-electron chi connectivity index (χ2n) is 8.00. The summed E-state index contributed by atoms with van der Waals surface area (Å²) in [4.78, 5) is 26.4. The normalized spacial score (nSPS) is 17.3. The minimum absolute atomic E-state index is 0.0452. The Morgan fingerprint density at radius 2 is 1.97 bits per heavy atom. The number of anilines is 1. The van der Waals surface area contributed by atoms with Crippen LogP contribution in [-0.4, -0.2) is 34.7 Å². The van der Waals surface area contributed by atoms with E-state index in [2.05, 4.69) is 6.92 Å². The number of hydrogen-bond acceptors (Lipinski definition) is 5. The van der Waals surface area contributed by atoms with Gasteiger partial charge in [0.05, 0.1) is 25.4 Å². The molecular weight excluding hydrogens is 414 g/mol. The number of aliphatic hydroxyl groups is 1. The second kappa shape index (κ2) is 11.4. The minimum Gasteiger partial charge on any atom is -0.477 e. The minimum atomic E-state index is -0.932. The zero-order chi connectivity index (χ0) is 22.2. The molecule has 1 aliphatic rings. The van der Waals surface area contributed by atoms with Gasteiger partial charge in [0.25, 0.3) is 0 Å². The van der Waals surface area contributed by atoms with Gasteiger partial charge in [-0.3, -0.25) is 4.79 Å². The molecule has 2 heterocycles. The van der Waals surface area contributed by atoms with E-state index in [0.717, 1.165) is 41.8 Å². The van der Waals surface area contributed by atoms with Crippen LogP contribution < -0.4 is 4.90 Å². The van der Waals surface area contributed by atoms with Crippen LogP contribution in [-0.2, 0) is 16.1 Å². The Kier molecular flexibility index (Phi) is 8.63. The summed E-state index contributed by atoms with van der Waals surface area (Å²) in [6.07, 6.45) is 6.02. The highest BCUT2D eigenvalue weighted by molar-refractivity contribution is 7.13. The quantitative estimate of drug-likeness (QED) is 0.441. The van der Waals surface area contributed by atoms with Gasteiger partial charge in [0.2, 0.25) is 5.91 Å². The van der Waals surface area contributed by atoms with Crippen LogP contribution in [0.15, 0.2) is 36.4 Å². The van der Waals surface area contributed by atoms with Crippen molar-refractivity contribution in [2.45, 2.75) is 70.6 Å². The highest BCUT2D eigenvalue weighted by atomic mass is 32.1. The van der Waals surface area contributed by atoms with Crippen LogP contribution >= 0.6 is 11.3 Å². The third-order valence-electron chi connectivity index (χ3n) is 5.64. The first-order chi connectivity index (χ1) is 15.0. The van der Waals surface area contributed by atoms with Crippen molar-refractivity contribution in [2.24, 2.45) is 0 Å². The number of carboxylic acids is 1. The zero-order valence-corrected chi connectivity index (χ0v) is 18.8. The topological polar surface area (TPSA) is 87.1 Å². The third-order valence-corrected chi connectivity index (χ3v) is 6.69. The summed E-state index contributed by atoms with van der Waals surface area (Å²) in [5.41, 5.74) is 1.70. The molecule has 1 aromatic carbocycles. The molecule has 7 heteroatoms. The molecule has 0 aliphatic carbocycles. The van der Waals surface area contributed by atoms with Gasteiger partial charge in [-0.05, 0) is 42.7 Å². The molecule has 168 valence electrons. The molecule has 3 rings (SSSR count). The van der Waals surface area contributed by atoms with Crippen LogP contribution in [0.4, 0.5) is 5.69 Å². The lowest BCUT2D eigenvalue weighted by molar-refractivity contribution is -0.117. The fraction of sp³-hybridized carbons (Fsp3) is 0.500. The van der Waals surface area contributed by atoms with Crippen LogP contribution in [0.2, 0.25) is 0 Å². The molecule has 2 N–H and O–H groups in total. The van der Waals surface area contributed by atoms with Crippen LogP contribution in [0, 0.1) is 0 Å². The number of carbonyl (C=O) groups excluding carboxylic acids is 1. The van der Waals surface area contributed by atoms with E-state index in [9.17, 15) is 14.7 Å². The third kappa shape index (κ3) is 6.38. The number of carbonyl (C=O) groups is 2. The summed E-state index contributed by atoms with van der Waals surface area (Å²) in [7, 11) is 0. The first kappa shape index (κ1) is 23.4. The van der Waals surface area contributed by atoms with Crippen molar-refractivity contribution in [1.29, 1.82) is 0 Å². The molecule has 1 aromatic heterocycles. The Labute approximate surface area is 187 Å². The van der Waals surface area contributed by atoms with Crippen molar-refractivity contribution >= 4 is 28.9 Å². The van der Waals surface area contributed by atoms with Crippen LogP contribution in [0.1, 0.15) is 78.1 Å². The number of unbranched alkanes of at least 4 members (excludes halogenated alkanes) is 3. The molecule has 0 bridgehead atoms. The van der Waals surface area contributed by atoms with E-state index in [4.69, 9.17) is 9.84 Å². The van der Waals surface area contributed by atoms with E-state index in [-0.39, 0.29) is 11.9 Å². The molecule has 6 nitrogen and oxygen atoms in total. The molecule has 2 aromatic rings. The smallest absolute Gasteiger partial charge is 0.345 e. The molecule has 2 atom stereocenters. The molecule has 1 fully saturated rings. The van der Waals surface area contributed by atoms with Crippen molar-refractivity contribution < 1.29 is 24.5 Å². The molecule has 1 saturated heterocycles. The van der Waals surface area contributed by atoms with E-state index >= 15 is 0 Å². The summed E-state index contributed by atoms with van der Waals surface area (Å²) in [6, 6.07) is 10.9. The maximum absolute atomic E-state index is 12.5. The molecule has 1 aliphatic heterocycles. The van der Waals surface area contributed by atoms with Gasteiger partial charge in [0, 0.05) is 17.0 Å². The molecule has 0 spiro atoms. The second-order valence-corrected chi connectivity index (χ2v) is 9.17. The van der Waals surface area contributed by atoms with E-state index in [1.807, 2.05) is 24.3 Å². The van der Waals surface area contributed by atoms with Crippen LogP contribution in [0.25, 0.3) is 0 Å². The van der Waals surface area contributed by atoms with Gasteiger partial charge in [-0.2, -0.15) is 0 Å². The zero-order valence-electron chi connectivity index (χ0n) is 18.0. The lowest BCUT2D eigenvalue weighted by Crippen LogP contribution is -2.36. The standard InChI is InChI=1S/C24H31NO5S/c1-2-3-4-5-6-21(26)17-7-9-18(10-8-17)25-19(11-14-23(25)27)15-30-16-20-12-13-22(31-20)24(28)29/h7-10,12-13,19,21,26H,2-6,11,14-16H2,1H3,(H,28,29)/t19?,21-/m1/s1. The first-order valence-corrected chi connectivity index (χ1v) is 11.8. The molecule has 0 saturated carbocycles. The highest BCUT2D eigenvalue weighted by Gasteiger charge is 2.32. The number of rotatable bonds is 12. The molecular formula is C24H31NO5S. The van der Waals surface area contributed by atoms with Crippen molar-refractivity contribution in [3.63, 3.8) is 0 Å². The van der Waals surface area contributed by atoms with E-state index < -0.39 is 12.1 Å². The number of thiophene rings is 1. The Balaban J connectivity index is 1.54. The van der Waals surface area contributed by atoms with E-state index in [1.165, 1.54) is 24.2 Å². The van der Waals surface area contributed by atoms with Gasteiger partial charge >= 0.3 is 5.97 Å². The largest absolute Gasteiger partial charge is 0.477 e. The van der Waals surface area contributed by atoms with Gasteiger partial charge in [-0.15, -0.1) is 11.3 Å². The SMILES string of the molecule is CCCCCC[C@@H](O)c1ccc(N2C(=O)CCC2COCc2ccc(C(=O)O)s2)cc1. The lowest BCUT2D eigenvalue weighted by atomic mass is 10.0. The van der Waals surface area contributed by atoms with Crippen LogP contribution in [0.3, 0.4) is 0 Å². The van der Waals surface area contributed by atoms with Gasteiger partial charge in [-0.25, -0.2) is 4.79 Å². The summed E-state index contributed by atoms with van der Waals surface area (Å²) in [5, 5.41) is 19.4. The van der Waals surface area contributed by atoms with Gasteiger partial charge < -0.3 is 19.8 Å². The Hall–Kier alpha value is -2.22. The highest BCUT2D eigenvalue weighted by Crippen LogP contribution is 2.29. The summed E-state index contributed by atoms with van der Waals surface area (Å²) in [5.74, 6) is -0.857. The number of ether oxygens (including phenoxy) is 1. The predicted octanol–water partition coefficient (Wildman–Crippen LogP) is 5.16. The van der Waals surface area contributed by atoms with E-state index in [0.29, 0.717) is 24.5 Å². The van der Waals surface area contributed by atoms with Crippen molar-refractivity contribution in [3.05, 3.63) is 51.7 Å². The number of aromatic carboxylic acids is 1. The maximum Gasteiger partial charge on any atom is 0.345 e. The summed E-state index contributed by atoms with van der Waals surface area (Å²) in [6.45, 7) is 2.90. The summed E-state index contributed by atoms with van der Waals surface area (Å²) >= 11 is 1.20. The number of amides is 1. The summed E-state index contributed by atoms with van der Waals surface area (Å²) < 4.78 is 5.81. The molecule has 31 heavy (non-hydrogen) atoms. The molecule has 1 unspecified atom stereocenters. The average molecular weight is 446 g/mol. The fourth-order valence-corrected chi connectivity index (χ4v) is 4.69. The Morgan fingerprint density at radius 1 is 1.19 bits per heavy atom. The Morgan fingerprint density at radius 3 is 2.65 bits per heavy atom. The average Bonchev–Trinajstić information content (AvgIpc) is 3.38. The van der Waals surface area contributed by atoms with Gasteiger partial charge in [0.15, 0.2) is 0 Å². The molecule has 0 radical (unpaired) electrons. The van der Waals surface area contributed by atoms with Crippen molar-refractivity contribution in [1.82, 2.24) is 0 Å². The van der Waals surface area contributed by atoms with Gasteiger partial charge in [-0.1, -0.05) is 44.7 Å². The van der Waals surface area contributed by atoms with Crippen molar-refractivity contribution in [3.8, 4) is 0 Å². The number of aliphatic hydroxyl groups excluding tert-OH is 1. The number of benzene rings is 1. The first-order valence-electron chi connectivity index (χ1n) is 11.0. The van der Waals surface area contributed by atoms with Crippen molar-refractivity contribution in [2.75, 3.05) is 11.5 Å². The number of carboxylic acid groups (broad SMARTS) is 1. The van der Waals surface area contributed by atoms with Gasteiger partial charge in [0.1, 0.15) is 4.88 Å².